The molecular formula is C27H23FN2O4S. The number of carbonyl (C=O) groups excluding carboxylic acids is 1. The lowest BCUT2D eigenvalue weighted by molar-refractivity contribution is -0.117. The summed E-state index contributed by atoms with van der Waals surface area (Å²) in [4.78, 5) is 21.3. The summed E-state index contributed by atoms with van der Waals surface area (Å²) in [5.74, 6) is 0.654. The maximum absolute atomic E-state index is 14.9. The Morgan fingerprint density at radius 2 is 1.63 bits per heavy atom. The van der Waals surface area contributed by atoms with E-state index in [2.05, 4.69) is 9.97 Å². The number of hydrogen-bond donors (Lipinski definition) is 0. The van der Waals surface area contributed by atoms with Gasteiger partial charge in [-0.15, -0.1) is 0 Å². The lowest BCUT2D eigenvalue weighted by atomic mass is 10.0. The van der Waals surface area contributed by atoms with Gasteiger partial charge in [0.25, 0.3) is 0 Å². The molecule has 178 valence electrons. The molecule has 4 rings (SSSR count). The molecule has 4 aromatic rings. The van der Waals surface area contributed by atoms with E-state index in [0.29, 0.717) is 45.7 Å². The third-order valence-corrected chi connectivity index (χ3v) is 5.64. The Bertz CT molecular complexity index is 1380. The standard InChI is InChI=1S/C27H23FN2O4S/c1-32-25-14-21-23(15-26(25)33-2)29-16-30-27(21)34-24-9-8-18(12-22(24)28)11-20(35)13-19(31)10-17-6-4-3-5-7-17/h3-9,12,14-16H,10-11,13H2,1-2H3. The number of nitrogens with zero attached hydrogens (tertiary/aromatic N) is 2. The van der Waals surface area contributed by atoms with Gasteiger partial charge in [-0.3, -0.25) is 4.79 Å². The van der Waals surface area contributed by atoms with Crippen LogP contribution in [-0.2, 0) is 17.6 Å². The van der Waals surface area contributed by atoms with Crippen molar-refractivity contribution < 1.29 is 23.4 Å². The van der Waals surface area contributed by atoms with Crippen molar-refractivity contribution in [3.63, 3.8) is 0 Å². The van der Waals surface area contributed by atoms with E-state index in [1.54, 1.807) is 18.2 Å². The van der Waals surface area contributed by atoms with Crippen molar-refractivity contribution in [2.45, 2.75) is 19.3 Å². The van der Waals surface area contributed by atoms with Gasteiger partial charge in [-0.1, -0.05) is 48.6 Å². The number of ketones is 1. The molecule has 0 saturated carbocycles. The van der Waals surface area contributed by atoms with Crippen LogP contribution in [0.5, 0.6) is 23.1 Å². The molecule has 6 nitrogen and oxygen atoms in total. The summed E-state index contributed by atoms with van der Waals surface area (Å²) in [6.07, 6.45) is 2.15. The predicted octanol–water partition coefficient (Wildman–Crippen LogP) is 5.69. The van der Waals surface area contributed by atoms with Crippen molar-refractivity contribution in [3.8, 4) is 23.1 Å². The number of thiocarbonyl (C=S) groups is 1. The van der Waals surface area contributed by atoms with Crippen molar-refractivity contribution in [2.24, 2.45) is 0 Å². The third kappa shape index (κ3) is 5.96. The Kier molecular flexibility index (Phi) is 7.62. The van der Waals surface area contributed by atoms with E-state index in [1.807, 2.05) is 30.3 Å². The van der Waals surface area contributed by atoms with E-state index in [4.69, 9.17) is 26.4 Å². The first-order valence-corrected chi connectivity index (χ1v) is 11.3. The number of carbonyl (C=O) groups is 1. The van der Waals surface area contributed by atoms with Crippen LogP contribution in [0.25, 0.3) is 10.9 Å². The largest absolute Gasteiger partial charge is 0.493 e. The summed E-state index contributed by atoms with van der Waals surface area (Å²) in [7, 11) is 3.05. The quantitative estimate of drug-likeness (QED) is 0.264. The first-order chi connectivity index (χ1) is 17.0. The summed E-state index contributed by atoms with van der Waals surface area (Å²) in [6, 6.07) is 17.5. The molecule has 0 unspecified atom stereocenters. The van der Waals surface area contributed by atoms with Gasteiger partial charge in [0.05, 0.1) is 25.1 Å². The minimum absolute atomic E-state index is 0.00890. The molecule has 0 N–H and O–H groups in total. The smallest absolute Gasteiger partial charge is 0.230 e. The lowest BCUT2D eigenvalue weighted by Crippen LogP contribution is -2.11. The van der Waals surface area contributed by atoms with Gasteiger partial charge >= 0.3 is 0 Å². The van der Waals surface area contributed by atoms with Crippen LogP contribution in [0.15, 0.2) is 67.0 Å². The van der Waals surface area contributed by atoms with E-state index < -0.39 is 5.82 Å². The van der Waals surface area contributed by atoms with E-state index in [1.165, 1.54) is 32.7 Å². The highest BCUT2D eigenvalue weighted by molar-refractivity contribution is 7.80. The fraction of sp³-hybridized carbons (Fsp3) is 0.185. The lowest BCUT2D eigenvalue weighted by Gasteiger charge is -2.12. The summed E-state index contributed by atoms with van der Waals surface area (Å²) >= 11 is 5.39. The van der Waals surface area contributed by atoms with E-state index in [-0.39, 0.29) is 23.8 Å². The number of methoxy groups -OCH3 is 2. The Hall–Kier alpha value is -3.91. The molecule has 35 heavy (non-hydrogen) atoms. The van der Waals surface area contributed by atoms with Crippen LogP contribution in [0.1, 0.15) is 17.5 Å². The molecule has 0 aliphatic heterocycles. The summed E-state index contributed by atoms with van der Waals surface area (Å²) in [5, 5.41) is 0.548. The molecule has 8 heteroatoms. The number of rotatable bonds is 10. The molecule has 0 atom stereocenters. The zero-order valence-corrected chi connectivity index (χ0v) is 20.1. The number of ether oxygens (including phenoxy) is 3. The molecule has 0 aliphatic rings. The molecule has 0 spiro atoms. The van der Waals surface area contributed by atoms with Gasteiger partial charge in [-0.2, -0.15) is 0 Å². The molecule has 1 aromatic heterocycles. The SMILES string of the molecule is COc1cc2ncnc(Oc3ccc(CC(=S)CC(=O)Cc4ccccc4)cc3F)c2cc1OC. The molecule has 1 heterocycles. The molecule has 0 radical (unpaired) electrons. The molecule has 0 saturated heterocycles. The van der Waals surface area contributed by atoms with Crippen molar-refractivity contribution in [3.05, 3.63) is 83.9 Å². The summed E-state index contributed by atoms with van der Waals surface area (Å²) in [6.45, 7) is 0. The number of halogens is 1. The van der Waals surface area contributed by atoms with Crippen molar-refractivity contribution >= 4 is 33.8 Å². The number of aromatic nitrogens is 2. The maximum Gasteiger partial charge on any atom is 0.230 e. The van der Waals surface area contributed by atoms with Crippen LogP contribution in [-0.4, -0.2) is 34.8 Å². The van der Waals surface area contributed by atoms with Gasteiger partial charge in [0.1, 0.15) is 12.1 Å². The Morgan fingerprint density at radius 3 is 2.34 bits per heavy atom. The van der Waals surface area contributed by atoms with Crippen LogP contribution in [0.4, 0.5) is 4.39 Å². The highest BCUT2D eigenvalue weighted by Crippen LogP contribution is 2.36. The molecule has 3 aromatic carbocycles. The second-order valence-electron chi connectivity index (χ2n) is 7.86. The van der Waals surface area contributed by atoms with Crippen molar-refractivity contribution in [1.29, 1.82) is 0 Å². The van der Waals surface area contributed by atoms with Crippen molar-refractivity contribution in [2.75, 3.05) is 14.2 Å². The second kappa shape index (κ2) is 11.0. The fourth-order valence-electron chi connectivity index (χ4n) is 3.68. The monoisotopic (exact) mass is 490 g/mol. The minimum Gasteiger partial charge on any atom is -0.493 e. The molecule has 0 bridgehead atoms. The Labute approximate surface area is 207 Å². The van der Waals surface area contributed by atoms with Gasteiger partial charge in [-0.25, -0.2) is 14.4 Å². The minimum atomic E-state index is -0.562. The van der Waals surface area contributed by atoms with Gasteiger partial charge in [0, 0.05) is 30.2 Å². The zero-order valence-electron chi connectivity index (χ0n) is 19.3. The molecule has 0 fully saturated rings. The number of benzene rings is 3. The first kappa shape index (κ1) is 24.2. The van der Waals surface area contributed by atoms with E-state index in [9.17, 15) is 9.18 Å². The average Bonchev–Trinajstić information content (AvgIpc) is 2.85. The molecular weight excluding hydrogens is 467 g/mol. The van der Waals surface area contributed by atoms with Gasteiger partial charge < -0.3 is 14.2 Å². The summed E-state index contributed by atoms with van der Waals surface area (Å²) in [5.41, 5.74) is 2.17. The summed E-state index contributed by atoms with van der Waals surface area (Å²) < 4.78 is 31.3. The average molecular weight is 491 g/mol. The van der Waals surface area contributed by atoms with Crippen LogP contribution < -0.4 is 14.2 Å². The predicted molar refractivity (Wildman–Crippen MR) is 135 cm³/mol. The topological polar surface area (TPSA) is 70.5 Å². The van der Waals surface area contributed by atoms with Crippen LogP contribution in [0, 0.1) is 5.82 Å². The first-order valence-electron chi connectivity index (χ1n) is 10.9. The molecule has 0 aliphatic carbocycles. The second-order valence-corrected chi connectivity index (χ2v) is 8.44. The van der Waals surface area contributed by atoms with E-state index in [0.717, 1.165) is 5.56 Å². The van der Waals surface area contributed by atoms with Gasteiger partial charge in [0.2, 0.25) is 5.88 Å². The zero-order chi connectivity index (χ0) is 24.8. The normalized spacial score (nSPS) is 10.7. The third-order valence-electron chi connectivity index (χ3n) is 5.35. The number of hydrogen-bond acceptors (Lipinski definition) is 7. The number of Topliss-reactive ketones (excluding diaryl/α,β-unsaturated/α-hetero) is 1. The Morgan fingerprint density at radius 1 is 0.886 bits per heavy atom. The Balaban J connectivity index is 1.45. The highest BCUT2D eigenvalue weighted by atomic mass is 32.1. The van der Waals surface area contributed by atoms with Crippen LogP contribution in [0.2, 0.25) is 0 Å². The van der Waals surface area contributed by atoms with Crippen molar-refractivity contribution in [1.82, 2.24) is 9.97 Å². The molecule has 0 amide bonds. The van der Waals surface area contributed by atoms with Crippen LogP contribution in [0.3, 0.4) is 0 Å². The van der Waals surface area contributed by atoms with Gasteiger partial charge in [-0.05, 0) is 29.3 Å². The van der Waals surface area contributed by atoms with E-state index >= 15 is 0 Å². The van der Waals surface area contributed by atoms with Gasteiger partial charge in [0.15, 0.2) is 23.1 Å². The highest BCUT2D eigenvalue weighted by Gasteiger charge is 2.15. The van der Waals surface area contributed by atoms with Crippen LogP contribution >= 0.6 is 12.2 Å². The fourth-order valence-corrected chi connectivity index (χ4v) is 4.01. The number of fused-ring (bicyclic) bond motifs is 1. The maximum atomic E-state index is 14.9.